The lowest BCUT2D eigenvalue weighted by Gasteiger charge is -2.16. The van der Waals surface area contributed by atoms with Gasteiger partial charge in [-0.15, -0.1) is 0 Å². The van der Waals surface area contributed by atoms with E-state index in [0.29, 0.717) is 18.7 Å². The first-order chi connectivity index (χ1) is 9.63. The zero-order valence-electron chi connectivity index (χ0n) is 11.3. The molecule has 6 heteroatoms. The number of benzene rings is 1. The highest BCUT2D eigenvalue weighted by Crippen LogP contribution is 2.27. The van der Waals surface area contributed by atoms with E-state index in [9.17, 15) is 9.59 Å². The third kappa shape index (κ3) is 3.01. The van der Waals surface area contributed by atoms with Crippen molar-refractivity contribution in [3.8, 4) is 5.75 Å². The second kappa shape index (κ2) is 6.27. The zero-order valence-corrected chi connectivity index (χ0v) is 11.3. The lowest BCUT2D eigenvalue weighted by atomic mass is 10.1. The van der Waals surface area contributed by atoms with Crippen LogP contribution in [0.15, 0.2) is 18.2 Å². The summed E-state index contributed by atoms with van der Waals surface area (Å²) in [5, 5.41) is 2.72. The van der Waals surface area contributed by atoms with E-state index < -0.39 is 12.1 Å². The van der Waals surface area contributed by atoms with Gasteiger partial charge in [0, 0.05) is 6.54 Å². The summed E-state index contributed by atoms with van der Waals surface area (Å²) in [6.45, 7) is 0.620. The second-order valence-corrected chi connectivity index (χ2v) is 4.61. The molecule has 6 nitrogen and oxygen atoms in total. The number of nitrogen functional groups attached to an aromatic ring is 1. The van der Waals surface area contributed by atoms with Crippen LogP contribution >= 0.6 is 0 Å². The summed E-state index contributed by atoms with van der Waals surface area (Å²) < 4.78 is 10.4. The molecule has 0 aliphatic carbocycles. The molecule has 0 radical (unpaired) electrons. The molecule has 1 saturated heterocycles. The quantitative estimate of drug-likeness (QED) is 0.638. The average molecular weight is 278 g/mol. The molecule has 2 rings (SSSR count). The predicted octanol–water partition coefficient (Wildman–Crippen LogP) is 1.10. The first-order valence-electron chi connectivity index (χ1n) is 6.54. The Hall–Kier alpha value is -2.24. The van der Waals surface area contributed by atoms with Crippen molar-refractivity contribution in [2.24, 2.45) is 0 Å². The first kappa shape index (κ1) is 14.2. The summed E-state index contributed by atoms with van der Waals surface area (Å²) in [5.41, 5.74) is 6.32. The molecule has 108 valence electrons. The fraction of sp³-hybridized carbons (Fsp3) is 0.429. The van der Waals surface area contributed by atoms with Gasteiger partial charge in [0.1, 0.15) is 5.56 Å². The van der Waals surface area contributed by atoms with E-state index in [4.69, 9.17) is 15.2 Å². The number of amides is 1. The van der Waals surface area contributed by atoms with Gasteiger partial charge in [-0.3, -0.25) is 4.79 Å². The van der Waals surface area contributed by atoms with Crippen molar-refractivity contribution < 1.29 is 19.1 Å². The van der Waals surface area contributed by atoms with E-state index in [2.05, 4.69) is 5.32 Å². The Morgan fingerprint density at radius 2 is 2.20 bits per heavy atom. The highest BCUT2D eigenvalue weighted by atomic mass is 16.5. The van der Waals surface area contributed by atoms with E-state index in [1.54, 1.807) is 18.2 Å². The molecule has 1 heterocycles. The number of hydrogen-bond donors (Lipinski definition) is 2. The van der Waals surface area contributed by atoms with Crippen LogP contribution in [0.2, 0.25) is 0 Å². The van der Waals surface area contributed by atoms with Crippen molar-refractivity contribution in [2.45, 2.75) is 25.4 Å². The summed E-state index contributed by atoms with van der Waals surface area (Å²) in [4.78, 5) is 23.9. The Morgan fingerprint density at radius 3 is 2.95 bits per heavy atom. The molecule has 1 aliphatic rings. The highest BCUT2D eigenvalue weighted by Gasteiger charge is 2.26. The minimum absolute atomic E-state index is 0.226. The molecule has 0 aromatic heterocycles. The maximum absolute atomic E-state index is 12.2. The number of ether oxygens (including phenoxy) is 2. The molecule has 1 atom stereocenters. The minimum atomic E-state index is -0.754. The molecule has 1 aliphatic heterocycles. The van der Waals surface area contributed by atoms with Crippen molar-refractivity contribution in [1.29, 1.82) is 0 Å². The van der Waals surface area contributed by atoms with Gasteiger partial charge in [-0.1, -0.05) is 6.07 Å². The summed E-state index contributed by atoms with van der Waals surface area (Å²) in [7, 11) is 1.43. The lowest BCUT2D eigenvalue weighted by Crippen LogP contribution is -2.36. The second-order valence-electron chi connectivity index (χ2n) is 4.61. The number of rotatable bonds is 3. The van der Waals surface area contributed by atoms with Crippen LogP contribution in [0.4, 0.5) is 5.69 Å². The van der Waals surface area contributed by atoms with Crippen molar-refractivity contribution in [3.63, 3.8) is 0 Å². The molecule has 1 unspecified atom stereocenters. The number of anilines is 1. The number of hydrogen-bond acceptors (Lipinski definition) is 5. The maximum Gasteiger partial charge on any atom is 0.342 e. The van der Waals surface area contributed by atoms with Crippen LogP contribution in [0, 0.1) is 0 Å². The smallest absolute Gasteiger partial charge is 0.342 e. The van der Waals surface area contributed by atoms with Gasteiger partial charge >= 0.3 is 5.97 Å². The molecule has 1 fully saturated rings. The highest BCUT2D eigenvalue weighted by molar-refractivity contribution is 5.96. The number of para-hydroxylation sites is 1. The molecular weight excluding hydrogens is 260 g/mol. The average Bonchev–Trinajstić information content (AvgIpc) is 2.64. The fourth-order valence-corrected chi connectivity index (χ4v) is 2.16. The van der Waals surface area contributed by atoms with Gasteiger partial charge in [0.05, 0.1) is 12.8 Å². The number of nitrogens with two attached hydrogens (primary N) is 1. The summed E-state index contributed by atoms with van der Waals surface area (Å²) in [6.07, 6.45) is 1.50. The van der Waals surface area contributed by atoms with E-state index in [1.165, 1.54) is 7.11 Å². The summed E-state index contributed by atoms with van der Waals surface area (Å²) >= 11 is 0. The molecule has 20 heavy (non-hydrogen) atoms. The molecule has 0 spiro atoms. The lowest BCUT2D eigenvalue weighted by molar-refractivity contribution is -0.129. The van der Waals surface area contributed by atoms with Crippen molar-refractivity contribution in [3.05, 3.63) is 23.8 Å². The maximum atomic E-state index is 12.2. The van der Waals surface area contributed by atoms with Crippen LogP contribution in [0.1, 0.15) is 29.6 Å². The largest absolute Gasteiger partial charge is 0.494 e. The van der Waals surface area contributed by atoms with E-state index in [0.717, 1.165) is 12.8 Å². The minimum Gasteiger partial charge on any atom is -0.494 e. The van der Waals surface area contributed by atoms with Gasteiger partial charge in [-0.2, -0.15) is 0 Å². The van der Waals surface area contributed by atoms with Crippen LogP contribution in [0.25, 0.3) is 0 Å². The Kier molecular flexibility index (Phi) is 4.45. The zero-order chi connectivity index (χ0) is 14.5. The van der Waals surface area contributed by atoms with Crippen molar-refractivity contribution in [2.75, 3.05) is 19.4 Å². The Bertz CT molecular complexity index is 516. The van der Waals surface area contributed by atoms with Crippen LogP contribution in [0.3, 0.4) is 0 Å². The molecule has 1 amide bonds. The first-order valence-corrected chi connectivity index (χ1v) is 6.54. The number of carbonyl (C=O) groups excluding carboxylic acids is 2. The van der Waals surface area contributed by atoms with Crippen molar-refractivity contribution in [1.82, 2.24) is 5.32 Å². The standard InChI is InChI=1S/C14H18N2O4/c1-19-12-9(5-4-6-10(12)15)14(18)20-11-7-2-3-8-16-13(11)17/h4-6,11H,2-3,7-8,15H2,1H3,(H,16,17). The topological polar surface area (TPSA) is 90.7 Å². The normalized spacial score (nSPS) is 18.9. The third-order valence-electron chi connectivity index (χ3n) is 3.20. The summed E-state index contributed by atoms with van der Waals surface area (Å²) in [5.74, 6) is -0.582. The monoisotopic (exact) mass is 278 g/mol. The fourth-order valence-electron chi connectivity index (χ4n) is 2.16. The van der Waals surface area contributed by atoms with Gasteiger partial charge in [0.15, 0.2) is 11.9 Å². The van der Waals surface area contributed by atoms with Gasteiger partial charge in [-0.05, 0) is 31.4 Å². The SMILES string of the molecule is COc1c(N)cccc1C(=O)OC1CCCCNC1=O. The predicted molar refractivity (Wildman–Crippen MR) is 73.5 cm³/mol. The van der Waals surface area contributed by atoms with Crippen LogP contribution < -0.4 is 15.8 Å². The van der Waals surface area contributed by atoms with E-state index in [1.807, 2.05) is 0 Å². The van der Waals surface area contributed by atoms with Crippen LogP contribution in [-0.4, -0.2) is 31.6 Å². The number of carbonyl (C=O) groups is 2. The van der Waals surface area contributed by atoms with Gasteiger partial charge in [0.2, 0.25) is 0 Å². The van der Waals surface area contributed by atoms with Crippen molar-refractivity contribution >= 4 is 17.6 Å². The third-order valence-corrected chi connectivity index (χ3v) is 3.20. The molecule has 1 aromatic carbocycles. The molecule has 3 N–H and O–H groups in total. The van der Waals surface area contributed by atoms with E-state index in [-0.39, 0.29) is 17.2 Å². The van der Waals surface area contributed by atoms with Crippen LogP contribution in [-0.2, 0) is 9.53 Å². The molecule has 0 saturated carbocycles. The van der Waals surface area contributed by atoms with E-state index >= 15 is 0 Å². The number of nitrogens with one attached hydrogen (secondary N) is 1. The number of esters is 1. The van der Waals surface area contributed by atoms with Gasteiger partial charge in [0.25, 0.3) is 5.91 Å². The molecule has 0 bridgehead atoms. The Labute approximate surface area is 117 Å². The van der Waals surface area contributed by atoms with Gasteiger partial charge < -0.3 is 20.5 Å². The Balaban J connectivity index is 2.15. The summed E-state index contributed by atoms with van der Waals surface area (Å²) in [6, 6.07) is 4.84. The number of methoxy groups -OCH3 is 1. The molecule has 1 aromatic rings. The Morgan fingerprint density at radius 1 is 1.40 bits per heavy atom. The van der Waals surface area contributed by atoms with Crippen LogP contribution in [0.5, 0.6) is 5.75 Å². The molecular formula is C14H18N2O4. The van der Waals surface area contributed by atoms with Gasteiger partial charge in [-0.25, -0.2) is 4.79 Å².